The molecule has 0 radical (unpaired) electrons. The van der Waals surface area contributed by atoms with Crippen LogP contribution in [0.3, 0.4) is 0 Å². The second-order valence-electron chi connectivity index (χ2n) is 4.81. The molecule has 1 aliphatic heterocycles. The van der Waals surface area contributed by atoms with Gasteiger partial charge >= 0.3 is 0 Å². The van der Waals surface area contributed by atoms with Crippen molar-refractivity contribution in [1.82, 2.24) is 15.3 Å². The topological polar surface area (TPSA) is 71.3 Å². The zero-order valence-electron chi connectivity index (χ0n) is 11.4. The summed E-state index contributed by atoms with van der Waals surface area (Å²) in [4.78, 5) is 22.8. The molecule has 3 rings (SSSR count). The number of hydrogen-bond acceptors (Lipinski definition) is 5. The van der Waals surface area contributed by atoms with Crippen molar-refractivity contribution in [3.8, 4) is 0 Å². The molecule has 0 unspecified atom stereocenters. The highest BCUT2D eigenvalue weighted by atomic mass is 79.9. The lowest BCUT2D eigenvalue weighted by molar-refractivity contribution is 0.0921. The van der Waals surface area contributed by atoms with Crippen LogP contribution < -0.4 is 10.2 Å². The SMILES string of the molecule is O=C(NCc1nccc(N2CCCC2)n1)c1ccc(Br)o1. The first-order valence-corrected chi connectivity index (χ1v) is 7.62. The van der Waals surface area contributed by atoms with Gasteiger partial charge in [-0.05, 0) is 47.0 Å². The van der Waals surface area contributed by atoms with Gasteiger partial charge in [0.25, 0.3) is 5.91 Å². The highest BCUT2D eigenvalue weighted by molar-refractivity contribution is 9.10. The summed E-state index contributed by atoms with van der Waals surface area (Å²) in [6.45, 7) is 2.34. The van der Waals surface area contributed by atoms with Gasteiger partial charge in [0.05, 0.1) is 6.54 Å². The lowest BCUT2D eigenvalue weighted by atomic mass is 10.4. The van der Waals surface area contributed by atoms with Gasteiger partial charge in [0, 0.05) is 19.3 Å². The van der Waals surface area contributed by atoms with Crippen LogP contribution in [0.1, 0.15) is 29.2 Å². The van der Waals surface area contributed by atoms with E-state index in [0.717, 1.165) is 18.9 Å². The van der Waals surface area contributed by atoms with E-state index >= 15 is 0 Å². The maximum atomic E-state index is 11.9. The minimum atomic E-state index is -0.282. The molecule has 1 amide bonds. The number of hydrogen-bond donors (Lipinski definition) is 1. The maximum Gasteiger partial charge on any atom is 0.287 e. The molecule has 3 heterocycles. The molecule has 0 aliphatic carbocycles. The van der Waals surface area contributed by atoms with E-state index < -0.39 is 0 Å². The number of halogens is 1. The molecule has 0 atom stereocenters. The number of rotatable bonds is 4. The van der Waals surface area contributed by atoms with Gasteiger partial charge in [0.15, 0.2) is 10.4 Å². The lowest BCUT2D eigenvalue weighted by Gasteiger charge is -2.16. The number of nitrogens with one attached hydrogen (secondary N) is 1. The number of carbonyl (C=O) groups is 1. The molecule has 2 aromatic rings. The third-order valence-corrected chi connectivity index (χ3v) is 3.75. The predicted molar refractivity (Wildman–Crippen MR) is 81.1 cm³/mol. The minimum absolute atomic E-state index is 0.262. The quantitative estimate of drug-likeness (QED) is 0.916. The van der Waals surface area contributed by atoms with Crippen LogP contribution in [0.25, 0.3) is 0 Å². The number of anilines is 1. The van der Waals surface area contributed by atoms with Crippen LogP contribution >= 0.6 is 15.9 Å². The van der Waals surface area contributed by atoms with Crippen molar-refractivity contribution in [2.45, 2.75) is 19.4 Å². The number of carbonyl (C=O) groups excluding carboxylic acids is 1. The molecular weight excluding hydrogens is 336 g/mol. The summed E-state index contributed by atoms with van der Waals surface area (Å²) in [7, 11) is 0. The van der Waals surface area contributed by atoms with Gasteiger partial charge in [-0.15, -0.1) is 0 Å². The predicted octanol–water partition coefficient (Wildman–Crippen LogP) is 2.36. The molecular formula is C14H15BrN4O2. The Morgan fingerprint density at radius 3 is 2.86 bits per heavy atom. The van der Waals surface area contributed by atoms with Gasteiger partial charge in [-0.25, -0.2) is 9.97 Å². The van der Waals surface area contributed by atoms with E-state index in [1.54, 1.807) is 18.3 Å². The maximum absolute atomic E-state index is 11.9. The Kier molecular flexibility index (Phi) is 4.19. The monoisotopic (exact) mass is 350 g/mol. The van der Waals surface area contributed by atoms with Crippen molar-refractivity contribution in [3.05, 3.63) is 40.7 Å². The summed E-state index contributed by atoms with van der Waals surface area (Å²) < 4.78 is 5.72. The van der Waals surface area contributed by atoms with E-state index in [2.05, 4.69) is 36.1 Å². The van der Waals surface area contributed by atoms with Crippen molar-refractivity contribution in [3.63, 3.8) is 0 Å². The number of amides is 1. The Bertz CT molecular complexity index is 637. The molecule has 0 aromatic carbocycles. The van der Waals surface area contributed by atoms with Gasteiger partial charge in [0.1, 0.15) is 11.6 Å². The zero-order chi connectivity index (χ0) is 14.7. The largest absolute Gasteiger partial charge is 0.444 e. The van der Waals surface area contributed by atoms with E-state index in [1.807, 2.05) is 6.07 Å². The standard InChI is InChI=1S/C14H15BrN4O2/c15-11-4-3-10(21-11)14(20)17-9-12-16-6-5-13(18-12)19-7-1-2-8-19/h3-6H,1-2,7-9H2,(H,17,20). The van der Waals surface area contributed by atoms with Crippen molar-refractivity contribution in [2.24, 2.45) is 0 Å². The minimum Gasteiger partial charge on any atom is -0.444 e. The fourth-order valence-electron chi connectivity index (χ4n) is 2.28. The first-order chi connectivity index (χ1) is 10.2. The molecule has 6 nitrogen and oxygen atoms in total. The third-order valence-electron chi connectivity index (χ3n) is 3.32. The van der Waals surface area contributed by atoms with Crippen molar-refractivity contribution >= 4 is 27.7 Å². The zero-order valence-corrected chi connectivity index (χ0v) is 13.0. The van der Waals surface area contributed by atoms with E-state index in [9.17, 15) is 4.79 Å². The third kappa shape index (κ3) is 3.41. The van der Waals surface area contributed by atoms with Crippen molar-refractivity contribution in [1.29, 1.82) is 0 Å². The highest BCUT2D eigenvalue weighted by Gasteiger charge is 2.15. The van der Waals surface area contributed by atoms with Gasteiger partial charge in [-0.2, -0.15) is 0 Å². The van der Waals surface area contributed by atoms with E-state index in [0.29, 0.717) is 10.5 Å². The summed E-state index contributed by atoms with van der Waals surface area (Å²) in [5.74, 6) is 1.50. The summed E-state index contributed by atoms with van der Waals surface area (Å²) in [6, 6.07) is 5.20. The molecule has 1 saturated heterocycles. The van der Waals surface area contributed by atoms with Gasteiger partial charge in [-0.3, -0.25) is 4.79 Å². The molecule has 21 heavy (non-hydrogen) atoms. The van der Waals surface area contributed by atoms with Crippen LogP contribution in [0, 0.1) is 0 Å². The van der Waals surface area contributed by atoms with E-state index in [4.69, 9.17) is 4.42 Å². The summed E-state index contributed by atoms with van der Waals surface area (Å²) in [6.07, 6.45) is 4.12. The Morgan fingerprint density at radius 2 is 2.14 bits per heavy atom. The Labute approximate surface area is 130 Å². The fourth-order valence-corrected chi connectivity index (χ4v) is 2.59. The average Bonchev–Trinajstić information content (AvgIpc) is 3.16. The van der Waals surface area contributed by atoms with E-state index in [-0.39, 0.29) is 18.2 Å². The van der Waals surface area contributed by atoms with Gasteiger partial charge in [-0.1, -0.05) is 0 Å². The van der Waals surface area contributed by atoms with Gasteiger partial charge < -0.3 is 14.6 Å². The molecule has 0 bridgehead atoms. The Hall–Kier alpha value is -1.89. The summed E-state index contributed by atoms with van der Waals surface area (Å²) in [5.41, 5.74) is 0. The summed E-state index contributed by atoms with van der Waals surface area (Å²) in [5, 5.41) is 2.75. The molecule has 110 valence electrons. The van der Waals surface area contributed by atoms with Crippen molar-refractivity contribution < 1.29 is 9.21 Å². The van der Waals surface area contributed by atoms with Crippen molar-refractivity contribution in [2.75, 3.05) is 18.0 Å². The molecule has 1 N–H and O–H groups in total. The smallest absolute Gasteiger partial charge is 0.287 e. The Morgan fingerprint density at radius 1 is 1.33 bits per heavy atom. The van der Waals surface area contributed by atoms with Gasteiger partial charge in [0.2, 0.25) is 0 Å². The number of aromatic nitrogens is 2. The second kappa shape index (κ2) is 6.26. The molecule has 1 aliphatic rings. The lowest BCUT2D eigenvalue weighted by Crippen LogP contribution is -2.25. The first kappa shape index (κ1) is 14.1. The Balaban J connectivity index is 1.62. The van der Waals surface area contributed by atoms with Crippen LogP contribution in [-0.2, 0) is 6.54 Å². The highest BCUT2D eigenvalue weighted by Crippen LogP contribution is 2.17. The normalized spacial score (nSPS) is 14.4. The molecule has 1 fully saturated rings. The molecule has 0 spiro atoms. The van der Waals surface area contributed by atoms with Crippen LogP contribution in [-0.4, -0.2) is 29.0 Å². The molecule has 7 heteroatoms. The fraction of sp³-hybridized carbons (Fsp3) is 0.357. The average molecular weight is 351 g/mol. The van der Waals surface area contributed by atoms with Crippen LogP contribution in [0.5, 0.6) is 0 Å². The molecule has 0 saturated carbocycles. The first-order valence-electron chi connectivity index (χ1n) is 6.83. The van der Waals surface area contributed by atoms with Crippen LogP contribution in [0.15, 0.2) is 33.5 Å². The summed E-state index contributed by atoms with van der Waals surface area (Å²) >= 11 is 3.17. The molecule has 2 aromatic heterocycles. The second-order valence-corrected chi connectivity index (χ2v) is 5.59. The van der Waals surface area contributed by atoms with Crippen LogP contribution in [0.2, 0.25) is 0 Å². The number of furan rings is 1. The van der Waals surface area contributed by atoms with E-state index in [1.165, 1.54) is 12.8 Å². The van der Waals surface area contributed by atoms with Crippen LogP contribution in [0.4, 0.5) is 5.82 Å². The number of nitrogens with zero attached hydrogens (tertiary/aromatic N) is 3.